The fraction of sp³-hybridized carbons (Fsp3) is 0.941. The van der Waals surface area contributed by atoms with Gasteiger partial charge in [0, 0.05) is 37.2 Å². The smallest absolute Gasteiger partial charge is 0.193 e. The molecule has 0 atom stereocenters. The molecule has 2 aliphatic rings. The van der Waals surface area contributed by atoms with E-state index in [9.17, 15) is 0 Å². The van der Waals surface area contributed by atoms with Crippen LogP contribution in [0.25, 0.3) is 0 Å². The highest BCUT2D eigenvalue weighted by molar-refractivity contribution is 8.00. The quantitative estimate of drug-likeness (QED) is 0.635. The zero-order chi connectivity index (χ0) is 16.0. The summed E-state index contributed by atoms with van der Waals surface area (Å²) in [5.74, 6) is 3.10. The number of likely N-dealkylation sites (tertiary alicyclic amines) is 1. The van der Waals surface area contributed by atoms with Crippen LogP contribution in [0.4, 0.5) is 0 Å². The molecule has 0 unspecified atom stereocenters. The van der Waals surface area contributed by atoms with Gasteiger partial charge < -0.3 is 15.1 Å². The van der Waals surface area contributed by atoms with Crippen molar-refractivity contribution in [3.63, 3.8) is 0 Å². The van der Waals surface area contributed by atoms with E-state index >= 15 is 0 Å². The highest BCUT2D eigenvalue weighted by Crippen LogP contribution is 2.29. The first-order valence-electron chi connectivity index (χ1n) is 8.86. The molecule has 1 N–H and O–H groups in total. The topological polar surface area (TPSA) is 30.9 Å². The van der Waals surface area contributed by atoms with Gasteiger partial charge in [0.15, 0.2) is 5.96 Å². The molecule has 2 heterocycles. The average Bonchev–Trinajstić information content (AvgIpc) is 2.49. The first-order chi connectivity index (χ1) is 10.5. The van der Waals surface area contributed by atoms with Crippen LogP contribution in [0.1, 0.15) is 40.0 Å². The van der Waals surface area contributed by atoms with Crippen LogP contribution in [-0.4, -0.2) is 72.6 Å². The van der Waals surface area contributed by atoms with Gasteiger partial charge in [0.1, 0.15) is 0 Å². The van der Waals surface area contributed by atoms with E-state index in [4.69, 9.17) is 0 Å². The monoisotopic (exact) mass is 326 g/mol. The fourth-order valence-electron chi connectivity index (χ4n) is 3.50. The Balaban J connectivity index is 1.75. The van der Waals surface area contributed by atoms with Crippen molar-refractivity contribution in [1.82, 2.24) is 15.1 Å². The Bertz CT molecular complexity index is 362. The number of aliphatic imine (C=N–C) groups is 1. The van der Waals surface area contributed by atoms with Crippen LogP contribution < -0.4 is 5.32 Å². The van der Waals surface area contributed by atoms with Crippen LogP contribution in [-0.2, 0) is 0 Å². The molecule has 0 amide bonds. The predicted octanol–water partition coefficient (Wildman–Crippen LogP) is 2.51. The highest BCUT2D eigenvalue weighted by atomic mass is 32.2. The molecule has 0 bridgehead atoms. The lowest BCUT2D eigenvalue weighted by Crippen LogP contribution is -2.52. The Kier molecular flexibility index (Phi) is 6.87. The number of nitrogens with one attached hydrogen (secondary N) is 1. The normalized spacial score (nSPS) is 24.5. The van der Waals surface area contributed by atoms with Crippen LogP contribution in [0.2, 0.25) is 0 Å². The van der Waals surface area contributed by atoms with Gasteiger partial charge in [-0.05, 0) is 58.7 Å². The molecule has 0 spiro atoms. The van der Waals surface area contributed by atoms with E-state index in [0.29, 0.717) is 4.75 Å². The zero-order valence-corrected chi connectivity index (χ0v) is 15.7. The van der Waals surface area contributed by atoms with Gasteiger partial charge in [-0.15, -0.1) is 0 Å². The molecule has 128 valence electrons. The van der Waals surface area contributed by atoms with Gasteiger partial charge in [-0.25, -0.2) is 0 Å². The van der Waals surface area contributed by atoms with Crippen molar-refractivity contribution < 1.29 is 0 Å². The molecule has 2 saturated heterocycles. The lowest BCUT2D eigenvalue weighted by Gasteiger charge is -2.39. The summed E-state index contributed by atoms with van der Waals surface area (Å²) in [5.41, 5.74) is 0. The Hall–Kier alpha value is -0.420. The number of hydrogen-bond acceptors (Lipinski definition) is 3. The molecule has 0 saturated carbocycles. The summed E-state index contributed by atoms with van der Waals surface area (Å²) in [6.45, 7) is 14.0. The Labute approximate surface area is 141 Å². The van der Waals surface area contributed by atoms with Crippen LogP contribution in [0.5, 0.6) is 0 Å². The summed E-state index contributed by atoms with van der Waals surface area (Å²) in [7, 11) is 1.92. The van der Waals surface area contributed by atoms with Crippen molar-refractivity contribution in [2.45, 2.75) is 44.8 Å². The molecule has 0 aliphatic carbocycles. The van der Waals surface area contributed by atoms with Gasteiger partial charge in [0.2, 0.25) is 0 Å². The Morgan fingerprint density at radius 1 is 1.27 bits per heavy atom. The molecule has 0 aromatic carbocycles. The van der Waals surface area contributed by atoms with Crippen molar-refractivity contribution >= 4 is 17.7 Å². The summed E-state index contributed by atoms with van der Waals surface area (Å²) in [6, 6.07) is 0. The Morgan fingerprint density at radius 3 is 2.59 bits per heavy atom. The minimum absolute atomic E-state index is 0.335. The van der Waals surface area contributed by atoms with Crippen molar-refractivity contribution in [2.75, 3.05) is 52.1 Å². The number of hydrogen-bond donors (Lipinski definition) is 1. The molecule has 22 heavy (non-hydrogen) atoms. The second-order valence-corrected chi connectivity index (χ2v) is 9.04. The van der Waals surface area contributed by atoms with Crippen molar-refractivity contribution in [2.24, 2.45) is 10.9 Å². The number of piperidine rings is 1. The van der Waals surface area contributed by atoms with Crippen LogP contribution in [0, 0.1) is 5.92 Å². The summed E-state index contributed by atoms with van der Waals surface area (Å²) in [6.07, 6.45) is 3.93. The van der Waals surface area contributed by atoms with Crippen molar-refractivity contribution in [3.05, 3.63) is 0 Å². The third-order valence-corrected chi connectivity index (χ3v) is 6.03. The number of guanidine groups is 1. The predicted molar refractivity (Wildman–Crippen MR) is 98.9 cm³/mol. The van der Waals surface area contributed by atoms with Gasteiger partial charge in [-0.2, -0.15) is 11.8 Å². The molecular formula is C17H34N4S. The van der Waals surface area contributed by atoms with E-state index in [2.05, 4.69) is 52.6 Å². The number of rotatable bonds is 4. The summed E-state index contributed by atoms with van der Waals surface area (Å²) < 4.78 is 0.335. The van der Waals surface area contributed by atoms with E-state index in [1.54, 1.807) is 0 Å². The van der Waals surface area contributed by atoms with Crippen LogP contribution in [0.3, 0.4) is 0 Å². The van der Waals surface area contributed by atoms with Gasteiger partial charge >= 0.3 is 0 Å². The van der Waals surface area contributed by atoms with Gasteiger partial charge in [0.25, 0.3) is 0 Å². The molecule has 0 aromatic rings. The third kappa shape index (κ3) is 5.34. The SMILES string of the molecule is CCCN1CCC(CNC(=NC)N2CCSC(C)(C)C2)CC1. The average molecular weight is 327 g/mol. The number of nitrogens with zero attached hydrogens (tertiary/aromatic N) is 3. The molecule has 2 rings (SSSR count). The summed E-state index contributed by atoms with van der Waals surface area (Å²) in [4.78, 5) is 9.56. The van der Waals surface area contributed by atoms with E-state index in [-0.39, 0.29) is 0 Å². The molecule has 4 nitrogen and oxygen atoms in total. The lowest BCUT2D eigenvalue weighted by molar-refractivity contribution is 0.184. The Morgan fingerprint density at radius 2 is 2.00 bits per heavy atom. The summed E-state index contributed by atoms with van der Waals surface area (Å²) >= 11 is 2.07. The number of thioether (sulfide) groups is 1. The first kappa shape index (κ1) is 17.9. The summed E-state index contributed by atoms with van der Waals surface area (Å²) in [5, 5.41) is 3.64. The molecule has 0 aromatic heterocycles. The second-order valence-electron chi connectivity index (χ2n) is 7.24. The van der Waals surface area contributed by atoms with E-state index < -0.39 is 0 Å². The molecule has 5 heteroatoms. The van der Waals surface area contributed by atoms with Crippen LogP contribution >= 0.6 is 11.8 Å². The first-order valence-corrected chi connectivity index (χ1v) is 9.84. The standard InChI is InChI=1S/C17H34N4S/c1-5-8-20-9-6-15(7-10-20)13-19-16(18-4)21-11-12-22-17(2,3)14-21/h15H,5-14H2,1-4H3,(H,18,19). The maximum Gasteiger partial charge on any atom is 0.193 e. The minimum atomic E-state index is 0.335. The largest absolute Gasteiger partial charge is 0.356 e. The maximum absolute atomic E-state index is 4.52. The van der Waals surface area contributed by atoms with Gasteiger partial charge in [-0.3, -0.25) is 4.99 Å². The zero-order valence-electron chi connectivity index (χ0n) is 14.9. The van der Waals surface area contributed by atoms with E-state index in [1.807, 2.05) is 7.05 Å². The van der Waals surface area contributed by atoms with Crippen molar-refractivity contribution in [3.8, 4) is 0 Å². The maximum atomic E-state index is 4.52. The van der Waals surface area contributed by atoms with Crippen molar-refractivity contribution in [1.29, 1.82) is 0 Å². The molecule has 2 fully saturated rings. The van der Waals surface area contributed by atoms with E-state index in [0.717, 1.165) is 31.5 Å². The fourth-order valence-corrected chi connectivity index (χ4v) is 4.61. The minimum Gasteiger partial charge on any atom is -0.356 e. The van der Waals surface area contributed by atoms with Crippen LogP contribution in [0.15, 0.2) is 4.99 Å². The van der Waals surface area contributed by atoms with E-state index in [1.165, 1.54) is 44.6 Å². The molecular weight excluding hydrogens is 292 g/mol. The van der Waals surface area contributed by atoms with Gasteiger partial charge in [-0.1, -0.05) is 6.92 Å². The third-order valence-electron chi connectivity index (χ3n) is 4.73. The second kappa shape index (κ2) is 8.44. The molecule has 2 aliphatic heterocycles. The molecule has 0 radical (unpaired) electrons. The highest BCUT2D eigenvalue weighted by Gasteiger charge is 2.29. The lowest BCUT2D eigenvalue weighted by atomic mass is 9.97. The van der Waals surface area contributed by atoms with Gasteiger partial charge in [0.05, 0.1) is 0 Å².